The van der Waals surface area contributed by atoms with Gasteiger partial charge in [0, 0.05) is 21.3 Å². The lowest BCUT2D eigenvalue weighted by molar-refractivity contribution is -0.384. The van der Waals surface area contributed by atoms with Crippen LogP contribution >= 0.6 is 22.6 Å². The van der Waals surface area contributed by atoms with Gasteiger partial charge in [-0.1, -0.05) is 18.2 Å². The van der Waals surface area contributed by atoms with Crippen LogP contribution in [0.4, 0.5) is 11.4 Å². The summed E-state index contributed by atoms with van der Waals surface area (Å²) in [7, 11) is 0. The fourth-order valence-corrected chi connectivity index (χ4v) is 1.94. The van der Waals surface area contributed by atoms with E-state index in [0.29, 0.717) is 5.69 Å². The molecule has 0 heterocycles. The minimum atomic E-state index is -0.431. The van der Waals surface area contributed by atoms with Crippen molar-refractivity contribution < 1.29 is 4.92 Å². The van der Waals surface area contributed by atoms with Crippen LogP contribution in [-0.4, -0.2) is 11.1 Å². The topological polar surface area (TPSA) is 67.5 Å². The summed E-state index contributed by atoms with van der Waals surface area (Å²) >= 11 is 2.23. The van der Waals surface area contributed by atoms with Gasteiger partial charge in [-0.15, -0.1) is 0 Å². The minimum Gasteiger partial charge on any atom is -0.278 e. The molecule has 0 aliphatic rings. The van der Waals surface area contributed by atoms with Crippen LogP contribution in [0.1, 0.15) is 5.56 Å². The Bertz CT molecular complexity index is 612. The second-order valence-corrected chi connectivity index (χ2v) is 4.86. The van der Waals surface area contributed by atoms with Gasteiger partial charge in [0.2, 0.25) is 0 Å². The molecule has 2 aromatic carbocycles. The van der Waals surface area contributed by atoms with E-state index in [0.717, 1.165) is 9.13 Å². The van der Waals surface area contributed by atoms with E-state index in [1.165, 1.54) is 12.1 Å². The first-order chi connectivity index (χ1) is 9.16. The highest BCUT2D eigenvalue weighted by molar-refractivity contribution is 14.1. The van der Waals surface area contributed by atoms with Gasteiger partial charge >= 0.3 is 0 Å². The number of hydrazone groups is 1. The molecule has 0 saturated heterocycles. The predicted octanol–water partition coefficient (Wildman–Crippen LogP) is 3.65. The van der Waals surface area contributed by atoms with Crippen LogP contribution in [0.5, 0.6) is 0 Å². The predicted molar refractivity (Wildman–Crippen MR) is 83.5 cm³/mol. The average molecular weight is 367 g/mol. The van der Waals surface area contributed by atoms with Gasteiger partial charge in [-0.05, 0) is 40.8 Å². The molecule has 0 unspecified atom stereocenters. The molecule has 0 bridgehead atoms. The quantitative estimate of drug-likeness (QED) is 0.388. The van der Waals surface area contributed by atoms with Crippen LogP contribution in [-0.2, 0) is 0 Å². The second-order valence-electron chi connectivity index (χ2n) is 3.70. The number of anilines is 1. The van der Waals surface area contributed by atoms with Crippen LogP contribution in [0.25, 0.3) is 0 Å². The van der Waals surface area contributed by atoms with E-state index >= 15 is 0 Å². The van der Waals surface area contributed by atoms with E-state index in [-0.39, 0.29) is 5.69 Å². The molecule has 2 rings (SSSR count). The van der Waals surface area contributed by atoms with Crippen molar-refractivity contribution in [2.75, 3.05) is 5.43 Å². The molecule has 5 nitrogen and oxygen atoms in total. The summed E-state index contributed by atoms with van der Waals surface area (Å²) in [5.41, 5.74) is 4.61. The van der Waals surface area contributed by atoms with Gasteiger partial charge < -0.3 is 0 Å². The van der Waals surface area contributed by atoms with E-state index in [4.69, 9.17) is 0 Å². The third kappa shape index (κ3) is 3.75. The Morgan fingerprint density at radius 2 is 1.84 bits per heavy atom. The van der Waals surface area contributed by atoms with Gasteiger partial charge in [0.25, 0.3) is 5.69 Å². The van der Waals surface area contributed by atoms with Gasteiger partial charge in [-0.25, -0.2) is 0 Å². The lowest BCUT2D eigenvalue weighted by Crippen LogP contribution is -1.93. The van der Waals surface area contributed by atoms with E-state index in [1.807, 2.05) is 24.3 Å². The fourth-order valence-electron chi connectivity index (χ4n) is 1.41. The number of nitrogens with one attached hydrogen (secondary N) is 1. The van der Waals surface area contributed by atoms with E-state index in [1.54, 1.807) is 18.3 Å². The van der Waals surface area contributed by atoms with Crippen molar-refractivity contribution in [3.8, 4) is 0 Å². The normalized spacial score (nSPS) is 10.6. The van der Waals surface area contributed by atoms with E-state index in [2.05, 4.69) is 33.1 Å². The zero-order valence-electron chi connectivity index (χ0n) is 9.79. The average Bonchev–Trinajstić information content (AvgIpc) is 2.41. The summed E-state index contributed by atoms with van der Waals surface area (Å²) in [5.74, 6) is 0. The lowest BCUT2D eigenvalue weighted by atomic mass is 10.2. The number of halogens is 1. The van der Waals surface area contributed by atoms with Crippen molar-refractivity contribution in [2.24, 2.45) is 5.10 Å². The Hall–Kier alpha value is -1.96. The second kappa shape index (κ2) is 6.28. The van der Waals surface area contributed by atoms with Crippen molar-refractivity contribution >= 4 is 40.2 Å². The molecule has 2 aromatic rings. The number of non-ortho nitro benzene ring substituents is 1. The summed E-state index contributed by atoms with van der Waals surface area (Å²) in [6.07, 6.45) is 1.71. The largest absolute Gasteiger partial charge is 0.278 e. The molecule has 0 aliphatic heterocycles. The Balaban J connectivity index is 2.03. The molecule has 0 atom stereocenters. The summed E-state index contributed by atoms with van der Waals surface area (Å²) in [6.45, 7) is 0. The summed E-state index contributed by atoms with van der Waals surface area (Å²) < 4.78 is 1.11. The molecular formula is C13H10IN3O2. The number of rotatable bonds is 4. The Labute approximate surface area is 123 Å². The number of nitrogens with zero attached hydrogens (tertiary/aromatic N) is 2. The highest BCUT2D eigenvalue weighted by Crippen LogP contribution is 2.15. The van der Waals surface area contributed by atoms with Crippen LogP contribution in [0.3, 0.4) is 0 Å². The molecule has 96 valence electrons. The molecule has 19 heavy (non-hydrogen) atoms. The number of benzene rings is 2. The monoisotopic (exact) mass is 367 g/mol. The Kier molecular flexibility index (Phi) is 4.45. The summed E-state index contributed by atoms with van der Waals surface area (Å²) in [6, 6.07) is 14.0. The molecule has 0 radical (unpaired) electrons. The van der Waals surface area contributed by atoms with Gasteiger partial charge in [0.1, 0.15) is 0 Å². The number of hydrogen-bond donors (Lipinski definition) is 1. The molecule has 0 spiro atoms. The maximum atomic E-state index is 10.5. The first-order valence-electron chi connectivity index (χ1n) is 5.45. The van der Waals surface area contributed by atoms with Gasteiger partial charge in [-0.2, -0.15) is 5.10 Å². The molecular weight excluding hydrogens is 357 g/mol. The molecule has 0 aromatic heterocycles. The summed E-state index contributed by atoms with van der Waals surface area (Å²) in [4.78, 5) is 10.1. The van der Waals surface area contributed by atoms with Crippen LogP contribution < -0.4 is 5.43 Å². The van der Waals surface area contributed by atoms with Crippen LogP contribution in [0.15, 0.2) is 53.6 Å². The zero-order chi connectivity index (χ0) is 13.7. The first kappa shape index (κ1) is 13.5. The van der Waals surface area contributed by atoms with E-state index < -0.39 is 4.92 Å². The van der Waals surface area contributed by atoms with Crippen LogP contribution in [0, 0.1) is 13.7 Å². The molecule has 0 amide bonds. The SMILES string of the molecule is O=[N+]([O-])c1ccc(N/N=C/c2ccccc2I)cc1. The Morgan fingerprint density at radius 1 is 1.16 bits per heavy atom. The molecule has 0 aliphatic carbocycles. The molecule has 0 saturated carbocycles. The minimum absolute atomic E-state index is 0.0622. The van der Waals surface area contributed by atoms with Gasteiger partial charge in [-0.3, -0.25) is 15.5 Å². The highest BCUT2D eigenvalue weighted by atomic mass is 127. The molecule has 6 heteroatoms. The van der Waals surface area contributed by atoms with Crippen molar-refractivity contribution in [1.29, 1.82) is 0 Å². The smallest absolute Gasteiger partial charge is 0.269 e. The number of nitro groups is 1. The molecule has 0 fully saturated rings. The first-order valence-corrected chi connectivity index (χ1v) is 6.53. The van der Waals surface area contributed by atoms with Crippen molar-refractivity contribution in [2.45, 2.75) is 0 Å². The highest BCUT2D eigenvalue weighted by Gasteiger charge is 2.02. The maximum absolute atomic E-state index is 10.5. The van der Waals surface area contributed by atoms with Gasteiger partial charge in [0.05, 0.1) is 16.8 Å². The Morgan fingerprint density at radius 3 is 2.47 bits per heavy atom. The standard InChI is InChI=1S/C13H10IN3O2/c14-13-4-2-1-3-10(13)9-15-16-11-5-7-12(8-6-11)17(18)19/h1-9,16H/b15-9+. The maximum Gasteiger partial charge on any atom is 0.269 e. The van der Waals surface area contributed by atoms with Crippen molar-refractivity contribution in [1.82, 2.24) is 0 Å². The zero-order valence-corrected chi connectivity index (χ0v) is 11.9. The number of nitro benzene ring substituents is 1. The van der Waals surface area contributed by atoms with Gasteiger partial charge in [0.15, 0.2) is 0 Å². The lowest BCUT2D eigenvalue weighted by Gasteiger charge is -2.00. The van der Waals surface area contributed by atoms with Crippen molar-refractivity contribution in [3.63, 3.8) is 0 Å². The third-order valence-corrected chi connectivity index (χ3v) is 3.36. The fraction of sp³-hybridized carbons (Fsp3) is 0. The van der Waals surface area contributed by atoms with E-state index in [9.17, 15) is 10.1 Å². The third-order valence-electron chi connectivity index (χ3n) is 2.38. The molecule has 1 N–H and O–H groups in total. The van der Waals surface area contributed by atoms with Crippen molar-refractivity contribution in [3.05, 3.63) is 67.8 Å². The van der Waals surface area contributed by atoms with Crippen LogP contribution in [0.2, 0.25) is 0 Å². The summed E-state index contributed by atoms with van der Waals surface area (Å²) in [5, 5.41) is 14.6. The number of hydrogen-bond acceptors (Lipinski definition) is 4.